The van der Waals surface area contributed by atoms with Crippen LogP contribution in [0.2, 0.25) is 0 Å². The van der Waals surface area contributed by atoms with Crippen molar-refractivity contribution in [2.24, 2.45) is 29.4 Å². The number of aromatic hydroxyl groups is 1. The molecule has 12 N–H and O–H groups in total. The second-order valence-corrected chi connectivity index (χ2v) is 16.4. The number of carbonyl (C=O) groups excluding carboxylic acids is 7. The molecule has 1 aromatic rings. The van der Waals surface area contributed by atoms with Gasteiger partial charge in [0.05, 0.1) is 29.9 Å². The van der Waals surface area contributed by atoms with Crippen molar-refractivity contribution in [3.8, 4) is 5.75 Å². The molecule has 3 aliphatic rings. The third kappa shape index (κ3) is 10.6. The van der Waals surface area contributed by atoms with Gasteiger partial charge in [-0.15, -0.1) is 0 Å². The van der Waals surface area contributed by atoms with Crippen LogP contribution in [0.15, 0.2) is 29.3 Å². The lowest BCUT2D eigenvalue weighted by molar-refractivity contribution is -0.148. The van der Waals surface area contributed by atoms with Crippen LogP contribution in [0.5, 0.6) is 5.75 Å². The molecule has 332 valence electrons. The summed E-state index contributed by atoms with van der Waals surface area (Å²) in [5, 5.41) is 61.4. The quantitative estimate of drug-likeness (QED) is 0.0860. The normalized spacial score (nSPS) is 34.0. The Bertz CT molecular complexity index is 1850. The number of nitrogens with two attached hydrogens (primary N) is 2. The highest BCUT2D eigenvalue weighted by molar-refractivity contribution is 6.12. The van der Waals surface area contributed by atoms with E-state index in [0.29, 0.717) is 0 Å². The molecule has 19 nitrogen and oxygen atoms in total. The van der Waals surface area contributed by atoms with Crippen LogP contribution in [-0.4, -0.2) is 133 Å². The van der Waals surface area contributed by atoms with Crippen molar-refractivity contribution in [1.29, 1.82) is 0 Å². The Labute approximate surface area is 348 Å². The topological polar surface area (TPSA) is 321 Å². The van der Waals surface area contributed by atoms with Crippen molar-refractivity contribution in [3.05, 3.63) is 34.9 Å². The minimum Gasteiger partial charge on any atom is -0.506 e. The summed E-state index contributed by atoms with van der Waals surface area (Å²) in [4.78, 5) is 100. The van der Waals surface area contributed by atoms with E-state index in [4.69, 9.17) is 16.2 Å². The first-order valence-electron chi connectivity index (χ1n) is 20.3. The average Bonchev–Trinajstić information content (AvgIpc) is 3.59. The van der Waals surface area contributed by atoms with E-state index in [2.05, 4.69) is 16.0 Å². The summed E-state index contributed by atoms with van der Waals surface area (Å²) in [7, 11) is 0. The number of Topliss-reactive ketones (excluding diaryl/α,β-unsaturated/α-hetero) is 3. The number of carbonyl (C=O) groups is 7. The van der Waals surface area contributed by atoms with Gasteiger partial charge >= 0.3 is 0 Å². The number of fused-ring (bicyclic) bond motifs is 2. The Morgan fingerprint density at radius 1 is 0.933 bits per heavy atom. The lowest BCUT2D eigenvalue weighted by Gasteiger charge is -2.38. The Balaban J connectivity index is 1.89. The summed E-state index contributed by atoms with van der Waals surface area (Å²) in [5.41, 5.74) is 11.7. The number of nitrogen functional groups attached to an aromatic ring is 1. The maximum Gasteiger partial charge on any atom is 0.251 e. The second kappa shape index (κ2) is 20.2. The number of ketones is 3. The van der Waals surface area contributed by atoms with E-state index in [1.807, 2.05) is 0 Å². The van der Waals surface area contributed by atoms with Gasteiger partial charge in [-0.1, -0.05) is 26.8 Å². The van der Waals surface area contributed by atoms with Crippen LogP contribution in [0.25, 0.3) is 0 Å². The molecule has 1 saturated carbocycles. The molecule has 0 radical (unpaired) electrons. The van der Waals surface area contributed by atoms with Crippen molar-refractivity contribution < 1.29 is 63.8 Å². The number of anilines is 1. The largest absolute Gasteiger partial charge is 0.506 e. The first-order valence-corrected chi connectivity index (χ1v) is 20.3. The molecule has 0 aromatic heterocycles. The molecule has 1 aromatic carbocycles. The smallest absolute Gasteiger partial charge is 0.251 e. The molecule has 1 aliphatic carbocycles. The molecule has 13 atom stereocenters. The molecule has 4 rings (SSSR count). The number of nitrogens with one attached hydrogen (secondary N) is 3. The van der Waals surface area contributed by atoms with Crippen LogP contribution in [0, 0.1) is 23.7 Å². The molecule has 2 fully saturated rings. The second-order valence-electron chi connectivity index (χ2n) is 16.4. The molecular weight excluding hydrogens is 784 g/mol. The minimum atomic E-state index is -2.29. The molecule has 0 spiro atoms. The van der Waals surface area contributed by atoms with Crippen LogP contribution in [0.3, 0.4) is 0 Å². The molecule has 13 unspecified atom stereocenters. The van der Waals surface area contributed by atoms with Gasteiger partial charge in [0.2, 0.25) is 17.7 Å². The van der Waals surface area contributed by atoms with Gasteiger partial charge in [-0.05, 0) is 76.0 Å². The highest BCUT2D eigenvalue weighted by atomic mass is 16.5. The highest BCUT2D eigenvalue weighted by Crippen LogP contribution is 2.39. The number of phenolic OH excluding ortho intramolecular Hbond substituents is 1. The van der Waals surface area contributed by atoms with E-state index >= 15 is 0 Å². The summed E-state index contributed by atoms with van der Waals surface area (Å²) in [6.45, 7) is 9.17. The van der Waals surface area contributed by atoms with Crippen LogP contribution in [-0.2, 0) is 38.3 Å². The van der Waals surface area contributed by atoms with Gasteiger partial charge < -0.3 is 62.6 Å². The Morgan fingerprint density at radius 3 is 2.20 bits per heavy atom. The first-order chi connectivity index (χ1) is 28.1. The van der Waals surface area contributed by atoms with Crippen LogP contribution in [0.4, 0.5) is 5.69 Å². The van der Waals surface area contributed by atoms with Crippen molar-refractivity contribution in [3.63, 3.8) is 0 Å². The number of amides is 4. The standard InChI is InChI=1S/C41H60N6O13/c1-7-23-19(5)33(52)26(43)15-29(51)40(60-8-2)46-38(57)27-11-17(3)16-47(27)41(59)31(20(6)48)44-39(58)32(36(55)34(53)21-9-10-28(50)25(42)13-21)45-37(56)24-14-22(49)12-18(4)30(24)35(23)54/h9-10,13,17-18,20,22,24,26-27,29-32,34,40,48-51,53H,7-8,11-12,14-16,42-43H2,1-6H3,(H,44,58)(H,45,56)(H,46,57)/b23-19+. The zero-order chi connectivity index (χ0) is 44.9. The molecule has 2 aliphatic heterocycles. The number of ether oxygens (including phenoxy) is 1. The number of phenols is 1. The molecule has 19 heteroatoms. The van der Waals surface area contributed by atoms with E-state index in [-0.39, 0.29) is 72.9 Å². The molecule has 0 bridgehead atoms. The van der Waals surface area contributed by atoms with Gasteiger partial charge in [0, 0.05) is 36.6 Å². The van der Waals surface area contributed by atoms with Gasteiger partial charge in [-0.25, -0.2) is 0 Å². The minimum absolute atomic E-state index is 0.00928. The molecule has 4 amide bonds. The lowest BCUT2D eigenvalue weighted by atomic mass is 9.67. The van der Waals surface area contributed by atoms with Gasteiger partial charge in [-0.2, -0.15) is 0 Å². The molecule has 2 heterocycles. The monoisotopic (exact) mass is 844 g/mol. The van der Waals surface area contributed by atoms with E-state index in [1.165, 1.54) is 13.8 Å². The Hall–Kier alpha value is -4.79. The van der Waals surface area contributed by atoms with Gasteiger partial charge in [0.25, 0.3) is 5.91 Å². The van der Waals surface area contributed by atoms with Gasteiger partial charge in [0.1, 0.15) is 30.0 Å². The van der Waals surface area contributed by atoms with Crippen molar-refractivity contribution in [2.75, 3.05) is 18.9 Å². The van der Waals surface area contributed by atoms with Crippen molar-refractivity contribution in [2.45, 2.75) is 128 Å². The van der Waals surface area contributed by atoms with Crippen LogP contribution >= 0.6 is 0 Å². The molecule has 1 saturated heterocycles. The van der Waals surface area contributed by atoms with Crippen molar-refractivity contribution >= 4 is 46.7 Å². The van der Waals surface area contributed by atoms with Crippen LogP contribution in [0.1, 0.15) is 85.3 Å². The van der Waals surface area contributed by atoms with Crippen LogP contribution < -0.4 is 27.4 Å². The summed E-state index contributed by atoms with van der Waals surface area (Å²) in [6.07, 6.45) is -8.34. The fourth-order valence-corrected chi connectivity index (χ4v) is 8.55. The Kier molecular flexibility index (Phi) is 16.1. The average molecular weight is 845 g/mol. The number of benzene rings is 1. The predicted molar refractivity (Wildman–Crippen MR) is 214 cm³/mol. The highest BCUT2D eigenvalue weighted by Gasteiger charge is 2.48. The first kappa shape index (κ1) is 47.9. The van der Waals surface area contributed by atoms with E-state index < -0.39 is 120 Å². The van der Waals surface area contributed by atoms with E-state index in [1.54, 1.807) is 27.7 Å². The summed E-state index contributed by atoms with van der Waals surface area (Å²) < 4.78 is 5.64. The number of aliphatic hydroxyl groups is 4. The predicted octanol–water partition coefficient (Wildman–Crippen LogP) is -1.38. The zero-order valence-electron chi connectivity index (χ0n) is 34.8. The summed E-state index contributed by atoms with van der Waals surface area (Å²) >= 11 is 0. The molecule has 60 heavy (non-hydrogen) atoms. The number of hydrogen-bond donors (Lipinski definition) is 10. The number of hydrogen-bond acceptors (Lipinski definition) is 15. The van der Waals surface area contributed by atoms with Gasteiger partial charge in [-0.3, -0.25) is 33.6 Å². The number of allylic oxidation sites excluding steroid dienone is 1. The van der Waals surface area contributed by atoms with Gasteiger partial charge in [0.15, 0.2) is 29.6 Å². The Morgan fingerprint density at radius 2 is 1.60 bits per heavy atom. The van der Waals surface area contributed by atoms with E-state index in [9.17, 15) is 59.1 Å². The zero-order valence-corrected chi connectivity index (χ0v) is 34.8. The number of rotatable bonds is 7. The molecular formula is C41H60N6O13. The SMILES string of the molecule is CCOC1NC(=O)C2CC(C)CN2C(=O)C(C(C)O)NC(=O)C(C(=O)C(O)c2ccc(O)c(N)c2)NC(=O)C2CC(O)CC(C)C2C(=O)/C(CC)=C(\C)C(=O)C(N)CC1O. The fraction of sp³-hybridized carbons (Fsp3) is 0.634. The summed E-state index contributed by atoms with van der Waals surface area (Å²) in [6, 6.07) is -3.37. The summed E-state index contributed by atoms with van der Waals surface area (Å²) in [5.74, 6) is -10.7. The number of nitrogens with zero attached hydrogens (tertiary/aromatic N) is 1. The van der Waals surface area contributed by atoms with Crippen molar-refractivity contribution in [1.82, 2.24) is 20.9 Å². The third-order valence-electron chi connectivity index (χ3n) is 11.8. The fourth-order valence-electron chi connectivity index (χ4n) is 8.55. The maximum atomic E-state index is 14.5. The maximum absolute atomic E-state index is 14.5. The number of aliphatic hydroxyl groups excluding tert-OH is 4. The lowest BCUT2D eigenvalue weighted by Crippen LogP contribution is -2.62. The third-order valence-corrected chi connectivity index (χ3v) is 11.8. The van der Waals surface area contributed by atoms with E-state index in [0.717, 1.165) is 23.1 Å².